The summed E-state index contributed by atoms with van der Waals surface area (Å²) in [6.45, 7) is 10.9. The number of nitrogens with one attached hydrogen (secondary N) is 1. The number of anilines is 4. The van der Waals surface area contributed by atoms with Gasteiger partial charge in [-0.25, -0.2) is 4.79 Å². The fraction of sp³-hybridized carbons (Fsp3) is 0.230. The van der Waals surface area contributed by atoms with Gasteiger partial charge in [0.15, 0.2) is 0 Å². The number of para-hydroxylation sites is 3. The third-order valence-corrected chi connectivity index (χ3v) is 17.3. The summed E-state index contributed by atoms with van der Waals surface area (Å²) in [6.07, 6.45) is 7.59. The molecule has 13 rings (SSSR count). The topological polar surface area (TPSA) is 226 Å². The van der Waals surface area contributed by atoms with Crippen LogP contribution < -0.4 is 38.9 Å². The molecule has 0 radical (unpaired) electrons. The number of carboxylic acid groups (broad SMARTS) is 2. The Bertz CT molecular complexity index is 4080. The second kappa shape index (κ2) is 46.4. The number of benzene rings is 9. The van der Waals surface area contributed by atoms with Gasteiger partial charge < -0.3 is 50.0 Å². The minimum absolute atomic E-state index is 0. The Labute approximate surface area is 625 Å². The number of hydrogen-bond acceptors (Lipinski definition) is 13. The van der Waals surface area contributed by atoms with Gasteiger partial charge in [0.25, 0.3) is 0 Å². The van der Waals surface area contributed by atoms with Crippen LogP contribution in [0.5, 0.6) is 0 Å². The number of rotatable bonds is 18. The van der Waals surface area contributed by atoms with Crippen LogP contribution in [0.3, 0.4) is 0 Å². The average molecular weight is 1390 g/mol. The molecule has 4 N–H and O–H groups in total. The molecule has 0 spiro atoms. The van der Waals surface area contributed by atoms with Crippen molar-refractivity contribution in [2.24, 2.45) is 17.8 Å². The van der Waals surface area contributed by atoms with Gasteiger partial charge in [0.1, 0.15) is 6.79 Å². The van der Waals surface area contributed by atoms with Gasteiger partial charge in [0.2, 0.25) is 5.91 Å². The summed E-state index contributed by atoms with van der Waals surface area (Å²) < 4.78 is 10.0. The van der Waals surface area contributed by atoms with Gasteiger partial charge in [0.05, 0.1) is 31.0 Å². The first kappa shape index (κ1) is 85.3. The molecule has 536 valence electrons. The van der Waals surface area contributed by atoms with Gasteiger partial charge in [-0.05, 0) is 114 Å². The summed E-state index contributed by atoms with van der Waals surface area (Å²) in [6, 6.07) is 92.4. The number of amides is 1. The number of hydrogen-bond donors (Lipinski definition) is 3. The van der Waals surface area contributed by atoms with E-state index in [9.17, 15) is 29.1 Å². The molecular formula is C87H96LiN5O11. The predicted molar refractivity (Wildman–Crippen MR) is 414 cm³/mol. The van der Waals surface area contributed by atoms with Crippen molar-refractivity contribution in [1.29, 1.82) is 0 Å². The minimum atomic E-state index is -0.742. The van der Waals surface area contributed by atoms with Gasteiger partial charge >= 0.3 is 42.7 Å². The zero-order valence-corrected chi connectivity index (χ0v) is 58.0. The van der Waals surface area contributed by atoms with E-state index in [4.69, 9.17) is 19.4 Å². The maximum absolute atomic E-state index is 13.5. The second-order valence-corrected chi connectivity index (χ2v) is 23.9. The summed E-state index contributed by atoms with van der Waals surface area (Å²) >= 11 is 0. The van der Waals surface area contributed by atoms with Gasteiger partial charge in [-0.3, -0.25) is 24.2 Å². The maximum atomic E-state index is 13.5. The molecule has 1 aromatic heterocycles. The summed E-state index contributed by atoms with van der Waals surface area (Å²) in [5, 5.41) is 21.0. The third kappa shape index (κ3) is 26.3. The first-order chi connectivity index (χ1) is 48.9. The molecule has 17 heteroatoms. The number of carbonyl (C=O) groups excluding carboxylic acids is 4. The molecule has 0 bridgehead atoms. The molecule has 9 aromatic carbocycles. The predicted octanol–water partition coefficient (Wildman–Crippen LogP) is 13.9. The number of aliphatic carboxylic acids is 2. The van der Waals surface area contributed by atoms with Crippen LogP contribution in [0.15, 0.2) is 298 Å². The Balaban J connectivity index is 0.000000284. The zero-order valence-electron chi connectivity index (χ0n) is 58.0. The van der Waals surface area contributed by atoms with E-state index in [1.165, 1.54) is 17.2 Å². The summed E-state index contributed by atoms with van der Waals surface area (Å²) in [4.78, 5) is 77.4. The van der Waals surface area contributed by atoms with Crippen LogP contribution in [0.1, 0.15) is 80.7 Å². The summed E-state index contributed by atoms with van der Waals surface area (Å²) in [5.74, 6) is -2.01. The van der Waals surface area contributed by atoms with Crippen molar-refractivity contribution in [2.45, 2.75) is 59.3 Å². The fourth-order valence-corrected chi connectivity index (χ4v) is 12.4. The summed E-state index contributed by atoms with van der Waals surface area (Å²) in [5.41, 5.74) is 11.9. The van der Waals surface area contributed by atoms with E-state index in [0.29, 0.717) is 39.3 Å². The Hall–Kier alpha value is -11.2. The SMILES string of the molecule is C.C.C=O.CCOC(=O)/C=C/c1ccccc1.CCOC(=O)[C@H]1CN(c2ccccc2)C[C@@H]1c1ccccc1.O=C(Nc1cccc(-c2cccnc2)c1)[C@H]1CN(c2ccccc2)C[C@@H]1c1ccccc1.O=C(O)CCc1ccccc1.O=C(O)[C@H]1CN(c2ccccc2)C[C@@H]1c1ccccc1.[Li+].[OH-]. The van der Waals surface area contributed by atoms with E-state index in [1.54, 1.807) is 19.2 Å². The van der Waals surface area contributed by atoms with Gasteiger partial charge in [-0.15, -0.1) is 0 Å². The van der Waals surface area contributed by atoms with E-state index in [2.05, 4.69) is 73.5 Å². The van der Waals surface area contributed by atoms with E-state index < -0.39 is 11.9 Å². The zero-order chi connectivity index (χ0) is 70.7. The maximum Gasteiger partial charge on any atom is 1.00 e. The Morgan fingerprint density at radius 3 is 1.30 bits per heavy atom. The Morgan fingerprint density at radius 2 is 0.875 bits per heavy atom. The van der Waals surface area contributed by atoms with Crippen molar-refractivity contribution in [3.8, 4) is 11.1 Å². The monoisotopic (exact) mass is 1390 g/mol. The van der Waals surface area contributed by atoms with Crippen molar-refractivity contribution in [2.75, 3.05) is 72.5 Å². The van der Waals surface area contributed by atoms with E-state index in [-0.39, 0.29) is 99.0 Å². The van der Waals surface area contributed by atoms with Crippen molar-refractivity contribution >= 4 is 65.4 Å². The van der Waals surface area contributed by atoms with Crippen LogP contribution in [0, 0.1) is 17.8 Å². The van der Waals surface area contributed by atoms with Crippen LogP contribution in [0.2, 0.25) is 0 Å². The van der Waals surface area contributed by atoms with E-state index in [1.807, 2.05) is 250 Å². The fourth-order valence-electron chi connectivity index (χ4n) is 12.4. The van der Waals surface area contributed by atoms with E-state index >= 15 is 0 Å². The molecule has 1 amide bonds. The number of ether oxygens (including phenoxy) is 2. The minimum Gasteiger partial charge on any atom is -0.870 e. The molecule has 3 aliphatic rings. The quantitative estimate of drug-likeness (QED) is 0.0412. The van der Waals surface area contributed by atoms with Crippen LogP contribution in [-0.2, 0) is 44.7 Å². The van der Waals surface area contributed by atoms with Gasteiger partial charge in [0, 0.05) is 110 Å². The molecule has 104 heavy (non-hydrogen) atoms. The molecule has 6 atom stereocenters. The van der Waals surface area contributed by atoms with Crippen molar-refractivity contribution in [1.82, 2.24) is 4.98 Å². The molecule has 3 aliphatic heterocycles. The first-order valence-electron chi connectivity index (χ1n) is 33.6. The number of carboxylic acids is 2. The molecule has 10 aromatic rings. The molecule has 0 aliphatic carbocycles. The van der Waals surface area contributed by atoms with Crippen LogP contribution in [0.4, 0.5) is 22.7 Å². The first-order valence-corrected chi connectivity index (χ1v) is 33.6. The van der Waals surface area contributed by atoms with Gasteiger partial charge in [-0.2, -0.15) is 0 Å². The molecule has 3 fully saturated rings. The Morgan fingerprint density at radius 1 is 0.481 bits per heavy atom. The van der Waals surface area contributed by atoms with Crippen LogP contribution in [0.25, 0.3) is 17.2 Å². The van der Waals surface area contributed by atoms with Crippen LogP contribution in [-0.4, -0.2) is 110 Å². The van der Waals surface area contributed by atoms with Crippen molar-refractivity contribution in [3.05, 3.63) is 325 Å². The average Bonchev–Trinajstić information content (AvgIpc) is 1.67. The molecule has 3 saturated heterocycles. The number of nitrogens with zero attached hydrogens (tertiary/aromatic N) is 4. The van der Waals surface area contributed by atoms with Crippen LogP contribution >= 0.6 is 0 Å². The van der Waals surface area contributed by atoms with Crippen molar-refractivity contribution in [3.63, 3.8) is 0 Å². The number of aryl methyl sites for hydroxylation is 1. The molecular weight excluding hydrogens is 1300 g/mol. The molecule has 16 nitrogen and oxygen atoms in total. The normalized spacial score (nSPS) is 16.4. The number of pyridine rings is 1. The smallest absolute Gasteiger partial charge is 0.870 e. The van der Waals surface area contributed by atoms with Crippen molar-refractivity contribution < 1.29 is 72.8 Å². The number of aromatic nitrogens is 1. The summed E-state index contributed by atoms with van der Waals surface area (Å²) in [7, 11) is 0. The number of esters is 2. The standard InChI is InChI=1S/C28H25N3O.C19H21NO2.C17H17NO2.C11H12O2.C9H10O2.CH2O.2CH4.Li.H2O/c32-28(30-24-13-7-11-22(17-24)23-12-8-16-29-18-23)27-20-31(25-14-5-2-6-15-25)19-26(27)21-9-3-1-4-10-21;1-2-22-19(21)18-14-20(16-11-7-4-8-12-16)13-17(18)15-9-5-3-6-10-15;19-17(20)16-12-18(14-9-5-2-6-10-14)11-15(16)13-7-3-1-4-8-13;1-2-13-11(12)9-8-10-6-4-3-5-7-10;10-9(11)7-6-8-4-2-1-3-5-8;1-2;;;;/h1-18,26-27H,19-20H2,(H,30,32);3-12,17-18H,2,13-14H2,1H3;1-10,15-16H,11-12H2,(H,19,20);3-9H,2H2,1H3;1-5H,6-7H2,(H,10,11);1H2;2*1H4;;1H2/q;;;;;;;;+1;/p-1/b;;;9-8+;;;;;;/t26-,27+;17-,18+;15-,16+;;;;;;;/m111......./s1. The number of carbonyl (C=O) groups is 6. The Kier molecular flexibility index (Phi) is 38.0. The molecule has 0 unspecified atom stereocenters. The largest absolute Gasteiger partial charge is 1.00 e. The molecule has 0 saturated carbocycles. The second-order valence-electron chi connectivity index (χ2n) is 23.9. The third-order valence-electron chi connectivity index (χ3n) is 17.3. The molecule has 4 heterocycles. The van der Waals surface area contributed by atoms with E-state index in [0.717, 1.165) is 70.2 Å². The van der Waals surface area contributed by atoms with Gasteiger partial charge in [-0.1, -0.05) is 239 Å².